The fraction of sp³-hybridized carbons (Fsp3) is 0.333. The maximum absolute atomic E-state index is 9.92. The van der Waals surface area contributed by atoms with Gasteiger partial charge in [-0.3, -0.25) is 0 Å². The second kappa shape index (κ2) is 8.17. The molecule has 1 aliphatic heterocycles. The number of aromatic hydroxyl groups is 1. The molecule has 2 aliphatic rings. The van der Waals surface area contributed by atoms with Crippen LogP contribution in [0.5, 0.6) is 5.75 Å². The van der Waals surface area contributed by atoms with Crippen LogP contribution in [0.2, 0.25) is 0 Å². The molecule has 0 amide bonds. The molecule has 152 valence electrons. The number of phenols is 1. The largest absolute Gasteiger partial charge is 0.508 e. The number of anilines is 1. The molecule has 0 aromatic heterocycles. The van der Waals surface area contributed by atoms with E-state index in [1.165, 1.54) is 0 Å². The molecule has 2 atom stereocenters. The molecule has 5 heteroatoms. The molecule has 4 N–H and O–H groups in total. The number of aryl methyl sites for hydroxylation is 1. The maximum atomic E-state index is 9.92. The zero-order chi connectivity index (χ0) is 20.4. The van der Waals surface area contributed by atoms with Gasteiger partial charge in [0.25, 0.3) is 0 Å². The first-order chi connectivity index (χ1) is 13.9. The third-order valence-corrected chi connectivity index (χ3v) is 6.34. The number of hydrogen-bond donors (Lipinski definition) is 5. The second-order valence-corrected chi connectivity index (χ2v) is 9.06. The Morgan fingerprint density at radius 1 is 1.28 bits per heavy atom. The van der Waals surface area contributed by atoms with Crippen LogP contribution in [0, 0.1) is 6.92 Å². The Labute approximate surface area is 178 Å². The molecular formula is C24H29N3OS. The van der Waals surface area contributed by atoms with Crippen molar-refractivity contribution in [2.45, 2.75) is 50.1 Å². The minimum Gasteiger partial charge on any atom is -0.508 e. The van der Waals surface area contributed by atoms with Crippen LogP contribution in [0.15, 0.2) is 60.9 Å². The lowest BCUT2D eigenvalue weighted by Gasteiger charge is -2.40. The summed E-state index contributed by atoms with van der Waals surface area (Å²) in [6.07, 6.45) is 6.22. The number of hydrogen-bond acceptors (Lipinski definition) is 5. The molecule has 1 saturated carbocycles. The zero-order valence-corrected chi connectivity index (χ0v) is 17.7. The fourth-order valence-corrected chi connectivity index (χ4v) is 4.69. The highest BCUT2D eigenvalue weighted by Crippen LogP contribution is 2.35. The molecule has 0 saturated heterocycles. The number of fused-ring (bicyclic) bond motifs is 1. The predicted molar refractivity (Wildman–Crippen MR) is 124 cm³/mol. The highest BCUT2D eigenvalue weighted by molar-refractivity contribution is 7.81. The second-order valence-electron chi connectivity index (χ2n) is 8.21. The quantitative estimate of drug-likeness (QED) is 0.360. The maximum Gasteiger partial charge on any atom is 0.118 e. The Kier molecular flexibility index (Phi) is 5.61. The third kappa shape index (κ3) is 4.62. The molecule has 1 heterocycles. The number of allylic oxidation sites excluding steroid dienone is 2. The number of para-hydroxylation sites is 1. The van der Waals surface area contributed by atoms with Crippen molar-refractivity contribution in [2.24, 2.45) is 0 Å². The van der Waals surface area contributed by atoms with Crippen LogP contribution in [0.4, 0.5) is 5.69 Å². The number of phenolic OH excluding ortho intramolecular Hbond substituents is 1. The molecule has 0 bridgehead atoms. The number of rotatable bonds is 5. The standard InChI is InChI=1S/C24H29N3OS/c1-16-9-10-18(13-22(16)28)15-25-19-6-5-11-24(29,14-19)27-23-12-17(2)20-7-3-4-8-21(20)26-23/h3-4,7-10,12-13,19,25-29H,2,5-6,11,14-15H2,1H3. The Bertz CT molecular complexity index is 955. The van der Waals surface area contributed by atoms with E-state index in [2.05, 4.69) is 46.8 Å². The number of benzene rings is 2. The predicted octanol–water partition coefficient (Wildman–Crippen LogP) is 4.93. The normalized spacial score (nSPS) is 23.7. The summed E-state index contributed by atoms with van der Waals surface area (Å²) in [7, 11) is 0. The molecule has 0 spiro atoms. The number of nitrogens with one attached hydrogen (secondary N) is 3. The van der Waals surface area contributed by atoms with E-state index in [0.29, 0.717) is 11.8 Å². The van der Waals surface area contributed by atoms with Crippen LogP contribution in [-0.2, 0) is 6.54 Å². The van der Waals surface area contributed by atoms with Gasteiger partial charge in [0, 0.05) is 23.8 Å². The molecular weight excluding hydrogens is 378 g/mol. The topological polar surface area (TPSA) is 56.3 Å². The summed E-state index contributed by atoms with van der Waals surface area (Å²) >= 11 is 5.03. The summed E-state index contributed by atoms with van der Waals surface area (Å²) in [5.41, 5.74) is 5.21. The zero-order valence-electron chi connectivity index (χ0n) is 16.8. The highest BCUT2D eigenvalue weighted by Gasteiger charge is 2.34. The Hall–Kier alpha value is -2.37. The lowest BCUT2D eigenvalue weighted by Crippen LogP contribution is -2.49. The molecule has 0 radical (unpaired) electrons. The average molecular weight is 408 g/mol. The minimum absolute atomic E-state index is 0.281. The van der Waals surface area contributed by atoms with E-state index in [4.69, 9.17) is 12.6 Å². The minimum atomic E-state index is -0.281. The van der Waals surface area contributed by atoms with E-state index >= 15 is 0 Å². The monoisotopic (exact) mass is 407 g/mol. The Morgan fingerprint density at radius 3 is 2.93 bits per heavy atom. The first kappa shape index (κ1) is 19.9. The van der Waals surface area contributed by atoms with Gasteiger partial charge in [-0.1, -0.05) is 36.9 Å². The SMILES string of the molecule is C=C1C=C(NC2(S)CCCC(NCc3ccc(C)c(O)c3)C2)Nc2ccccc21. The Morgan fingerprint density at radius 2 is 2.10 bits per heavy atom. The molecule has 4 nitrogen and oxygen atoms in total. The van der Waals surface area contributed by atoms with Gasteiger partial charge in [0.05, 0.1) is 4.87 Å². The summed E-state index contributed by atoms with van der Waals surface area (Å²) in [5, 5.41) is 20.7. The molecule has 2 unspecified atom stereocenters. The van der Waals surface area contributed by atoms with Gasteiger partial charge in [-0.2, -0.15) is 12.6 Å². The van der Waals surface area contributed by atoms with E-state index in [-0.39, 0.29) is 4.87 Å². The van der Waals surface area contributed by atoms with E-state index in [9.17, 15) is 5.11 Å². The fourth-order valence-electron chi connectivity index (χ4n) is 4.19. The van der Waals surface area contributed by atoms with E-state index < -0.39 is 0 Å². The third-order valence-electron chi connectivity index (χ3n) is 5.82. The van der Waals surface area contributed by atoms with Crippen molar-refractivity contribution in [3.8, 4) is 5.75 Å². The molecule has 2 aromatic carbocycles. The van der Waals surface area contributed by atoms with Crippen LogP contribution in [0.3, 0.4) is 0 Å². The van der Waals surface area contributed by atoms with Gasteiger partial charge in [0.2, 0.25) is 0 Å². The van der Waals surface area contributed by atoms with Crippen molar-refractivity contribution in [1.29, 1.82) is 0 Å². The first-order valence-electron chi connectivity index (χ1n) is 10.2. The van der Waals surface area contributed by atoms with Crippen molar-refractivity contribution < 1.29 is 5.11 Å². The first-order valence-corrected chi connectivity index (χ1v) is 10.7. The smallest absolute Gasteiger partial charge is 0.118 e. The molecule has 29 heavy (non-hydrogen) atoms. The van der Waals surface area contributed by atoms with Gasteiger partial charge in [0.15, 0.2) is 0 Å². The molecule has 1 aliphatic carbocycles. The van der Waals surface area contributed by atoms with Gasteiger partial charge < -0.3 is 21.1 Å². The molecule has 1 fully saturated rings. The lowest BCUT2D eigenvalue weighted by molar-refractivity contribution is 0.291. The van der Waals surface area contributed by atoms with Crippen LogP contribution in [-0.4, -0.2) is 16.0 Å². The van der Waals surface area contributed by atoms with Gasteiger partial charge in [-0.15, -0.1) is 0 Å². The van der Waals surface area contributed by atoms with Crippen molar-refractivity contribution in [3.05, 3.63) is 77.6 Å². The van der Waals surface area contributed by atoms with Crippen LogP contribution in [0.1, 0.15) is 42.4 Å². The Balaban J connectivity index is 1.38. The molecule has 2 aromatic rings. The lowest BCUT2D eigenvalue weighted by atomic mass is 9.89. The van der Waals surface area contributed by atoms with Gasteiger partial charge >= 0.3 is 0 Å². The number of thiol groups is 1. The van der Waals surface area contributed by atoms with Gasteiger partial charge in [0.1, 0.15) is 11.6 Å². The van der Waals surface area contributed by atoms with Crippen LogP contribution in [0.25, 0.3) is 5.57 Å². The van der Waals surface area contributed by atoms with Crippen molar-refractivity contribution in [3.63, 3.8) is 0 Å². The van der Waals surface area contributed by atoms with E-state index in [0.717, 1.165) is 66.0 Å². The summed E-state index contributed by atoms with van der Waals surface area (Å²) in [4.78, 5) is -0.281. The average Bonchev–Trinajstić information content (AvgIpc) is 2.69. The van der Waals surface area contributed by atoms with Gasteiger partial charge in [-0.25, -0.2) is 0 Å². The van der Waals surface area contributed by atoms with Crippen molar-refractivity contribution >= 4 is 23.9 Å². The summed E-state index contributed by atoms with van der Waals surface area (Å²) in [6.45, 7) is 6.85. The molecule has 4 rings (SSSR count). The van der Waals surface area contributed by atoms with Crippen molar-refractivity contribution in [1.82, 2.24) is 10.6 Å². The summed E-state index contributed by atoms with van der Waals surface area (Å²) in [5.74, 6) is 1.31. The van der Waals surface area contributed by atoms with E-state index in [1.807, 2.05) is 31.2 Å². The summed E-state index contributed by atoms with van der Waals surface area (Å²) in [6, 6.07) is 14.5. The van der Waals surface area contributed by atoms with E-state index in [1.54, 1.807) is 0 Å². The van der Waals surface area contributed by atoms with Crippen LogP contribution >= 0.6 is 12.6 Å². The highest BCUT2D eigenvalue weighted by atomic mass is 32.1. The van der Waals surface area contributed by atoms with Crippen molar-refractivity contribution in [2.75, 3.05) is 5.32 Å². The van der Waals surface area contributed by atoms with Gasteiger partial charge in [-0.05, 0) is 67.5 Å². The van der Waals surface area contributed by atoms with Crippen LogP contribution < -0.4 is 16.0 Å². The summed E-state index contributed by atoms with van der Waals surface area (Å²) < 4.78 is 0.